The molecule has 0 aromatic carbocycles. The molecule has 1 unspecified atom stereocenters. The van der Waals surface area contributed by atoms with Gasteiger partial charge in [-0.1, -0.05) is 0 Å². The molecule has 0 heterocycles. The Bertz CT molecular complexity index is 425. The lowest BCUT2D eigenvalue weighted by molar-refractivity contribution is -0.143. The van der Waals surface area contributed by atoms with Crippen LogP contribution in [-0.2, 0) is 24.3 Å². The Balaban J connectivity index is 4.41. The number of carbonyl (C=O) groups excluding carboxylic acids is 2. The maximum absolute atomic E-state index is 12.0. The molecule has 1 amide bonds. The quantitative estimate of drug-likeness (QED) is 0.518. The van der Waals surface area contributed by atoms with E-state index in [4.69, 9.17) is 4.74 Å². The van der Waals surface area contributed by atoms with Crippen LogP contribution in [0.3, 0.4) is 0 Å². The van der Waals surface area contributed by atoms with Gasteiger partial charge in [-0.3, -0.25) is 9.59 Å². The van der Waals surface area contributed by atoms with E-state index >= 15 is 0 Å². The number of hydrogen-bond donors (Lipinski definition) is 2. The number of rotatable bonds is 11. The molecule has 0 saturated carbocycles. The van der Waals surface area contributed by atoms with Gasteiger partial charge in [0.2, 0.25) is 15.9 Å². The summed E-state index contributed by atoms with van der Waals surface area (Å²) in [5.74, 6) is -0.251. The first-order chi connectivity index (χ1) is 9.86. The Morgan fingerprint density at radius 1 is 1.29 bits per heavy atom. The maximum atomic E-state index is 12.0. The summed E-state index contributed by atoms with van der Waals surface area (Å²) in [6.45, 7) is 3.63. The van der Waals surface area contributed by atoms with Crippen molar-refractivity contribution in [2.45, 2.75) is 32.7 Å². The molecule has 0 aromatic rings. The number of amides is 1. The van der Waals surface area contributed by atoms with Crippen molar-refractivity contribution in [3.05, 3.63) is 0 Å². The molecule has 9 heteroatoms. The third kappa shape index (κ3) is 9.70. The van der Waals surface area contributed by atoms with E-state index < -0.39 is 27.9 Å². The fourth-order valence-corrected chi connectivity index (χ4v) is 2.72. The fraction of sp³-hybridized carbons (Fsp3) is 0.833. The Kier molecular flexibility index (Phi) is 10.4. The average molecular weight is 340 g/mol. The molecule has 1 atom stereocenters. The summed E-state index contributed by atoms with van der Waals surface area (Å²) in [6, 6.07) is -0.815. The van der Waals surface area contributed by atoms with Crippen LogP contribution in [0.4, 0.5) is 0 Å². The minimum atomic E-state index is -3.46. The lowest BCUT2D eigenvalue weighted by Crippen LogP contribution is -2.47. The highest BCUT2D eigenvalue weighted by Gasteiger charge is 2.22. The van der Waals surface area contributed by atoms with Crippen molar-refractivity contribution in [3.63, 3.8) is 0 Å². The predicted octanol–water partition coefficient (Wildman–Crippen LogP) is 0.117. The van der Waals surface area contributed by atoms with Gasteiger partial charge < -0.3 is 10.1 Å². The summed E-state index contributed by atoms with van der Waals surface area (Å²) in [7, 11) is -3.46. The van der Waals surface area contributed by atoms with Crippen LogP contribution >= 0.6 is 11.8 Å². The van der Waals surface area contributed by atoms with Crippen LogP contribution in [0.15, 0.2) is 0 Å². The first-order valence-corrected chi connectivity index (χ1v) is 9.83. The molecular weight excluding hydrogens is 316 g/mol. The summed E-state index contributed by atoms with van der Waals surface area (Å²) in [6.07, 6.45) is 2.34. The van der Waals surface area contributed by atoms with Gasteiger partial charge >= 0.3 is 5.97 Å². The number of sulfonamides is 1. The van der Waals surface area contributed by atoms with Crippen molar-refractivity contribution in [2.75, 3.05) is 30.9 Å². The number of nitrogens with one attached hydrogen (secondary N) is 2. The van der Waals surface area contributed by atoms with E-state index in [1.807, 2.05) is 6.26 Å². The maximum Gasteiger partial charge on any atom is 0.307 e. The monoisotopic (exact) mass is 340 g/mol. The van der Waals surface area contributed by atoms with E-state index in [2.05, 4.69) is 10.0 Å². The zero-order valence-corrected chi connectivity index (χ0v) is 14.3. The Hall–Kier alpha value is -0.800. The van der Waals surface area contributed by atoms with Gasteiger partial charge in [0.25, 0.3) is 0 Å². The molecule has 0 aliphatic heterocycles. The average Bonchev–Trinajstić information content (AvgIpc) is 2.43. The van der Waals surface area contributed by atoms with Crippen molar-refractivity contribution in [1.82, 2.24) is 10.0 Å². The standard InChI is InChI=1S/C12H24N2O5S2/c1-4-19-11(15)6-8-13-12(16)10(7-9-20-3)14-21(17,18)5-2/h10,14H,4-9H2,1-3H3,(H,13,16). The Morgan fingerprint density at radius 2 is 1.95 bits per heavy atom. The highest BCUT2D eigenvalue weighted by molar-refractivity contribution is 7.98. The SMILES string of the molecule is CCOC(=O)CCNC(=O)C(CCSC)NS(=O)(=O)CC. The molecule has 0 aliphatic carbocycles. The lowest BCUT2D eigenvalue weighted by Gasteiger charge is -2.17. The van der Waals surface area contributed by atoms with Gasteiger partial charge in [0.05, 0.1) is 18.8 Å². The van der Waals surface area contributed by atoms with Gasteiger partial charge in [-0.2, -0.15) is 11.8 Å². The molecule has 0 aromatic heterocycles. The molecule has 0 fully saturated rings. The lowest BCUT2D eigenvalue weighted by atomic mass is 10.2. The molecule has 0 saturated heterocycles. The topological polar surface area (TPSA) is 102 Å². The number of carbonyl (C=O) groups is 2. The first-order valence-electron chi connectivity index (χ1n) is 6.78. The second-order valence-electron chi connectivity index (χ2n) is 4.20. The number of thioether (sulfide) groups is 1. The smallest absolute Gasteiger partial charge is 0.307 e. The Labute approximate surface area is 130 Å². The summed E-state index contributed by atoms with van der Waals surface area (Å²) >= 11 is 1.53. The van der Waals surface area contributed by atoms with Crippen molar-refractivity contribution in [3.8, 4) is 0 Å². The normalized spacial score (nSPS) is 12.7. The van der Waals surface area contributed by atoms with Crippen LogP contribution in [-0.4, -0.2) is 57.2 Å². The number of hydrogen-bond acceptors (Lipinski definition) is 6. The van der Waals surface area contributed by atoms with Crippen molar-refractivity contribution in [2.24, 2.45) is 0 Å². The molecule has 0 bridgehead atoms. The number of esters is 1. The second-order valence-corrected chi connectivity index (χ2v) is 7.23. The number of ether oxygens (including phenoxy) is 1. The largest absolute Gasteiger partial charge is 0.466 e. The minimum Gasteiger partial charge on any atom is -0.466 e. The third-order valence-corrected chi connectivity index (χ3v) is 4.61. The van der Waals surface area contributed by atoms with E-state index in [0.717, 1.165) is 0 Å². The van der Waals surface area contributed by atoms with Gasteiger partial charge in [-0.25, -0.2) is 13.1 Å². The summed E-state index contributed by atoms with van der Waals surface area (Å²) in [5, 5.41) is 2.55. The van der Waals surface area contributed by atoms with Crippen molar-refractivity contribution < 1.29 is 22.7 Å². The van der Waals surface area contributed by atoms with E-state index in [9.17, 15) is 18.0 Å². The second kappa shape index (κ2) is 10.9. The highest BCUT2D eigenvalue weighted by Crippen LogP contribution is 2.03. The van der Waals surface area contributed by atoms with Crippen LogP contribution in [0.2, 0.25) is 0 Å². The summed E-state index contributed by atoms with van der Waals surface area (Å²) < 4.78 is 30.3. The van der Waals surface area contributed by atoms with Crippen LogP contribution in [0, 0.1) is 0 Å². The fourth-order valence-electron chi connectivity index (χ4n) is 1.42. The molecule has 2 N–H and O–H groups in total. The van der Waals surface area contributed by atoms with Crippen molar-refractivity contribution >= 4 is 33.7 Å². The highest BCUT2D eigenvalue weighted by atomic mass is 32.2. The molecule has 124 valence electrons. The van der Waals surface area contributed by atoms with Crippen LogP contribution in [0.1, 0.15) is 26.7 Å². The first kappa shape index (κ1) is 20.2. The summed E-state index contributed by atoms with van der Waals surface area (Å²) in [5.41, 5.74) is 0. The van der Waals surface area contributed by atoms with E-state index in [1.165, 1.54) is 18.7 Å². The molecule has 0 radical (unpaired) electrons. The zero-order valence-electron chi connectivity index (χ0n) is 12.7. The molecule has 0 spiro atoms. The van der Waals surface area contributed by atoms with Gasteiger partial charge in [-0.15, -0.1) is 0 Å². The van der Waals surface area contributed by atoms with Gasteiger partial charge in [0.15, 0.2) is 0 Å². The van der Waals surface area contributed by atoms with E-state index in [0.29, 0.717) is 18.8 Å². The zero-order chi connectivity index (χ0) is 16.3. The van der Waals surface area contributed by atoms with Gasteiger partial charge in [-0.05, 0) is 32.3 Å². The molecule has 0 rings (SSSR count). The van der Waals surface area contributed by atoms with Crippen LogP contribution in [0.5, 0.6) is 0 Å². The predicted molar refractivity (Wildman–Crippen MR) is 83.6 cm³/mol. The van der Waals surface area contributed by atoms with Gasteiger partial charge in [0, 0.05) is 6.54 Å². The molecular formula is C12H24N2O5S2. The van der Waals surface area contributed by atoms with E-state index in [1.54, 1.807) is 6.92 Å². The minimum absolute atomic E-state index is 0.0648. The summed E-state index contributed by atoms with van der Waals surface area (Å²) in [4.78, 5) is 23.1. The van der Waals surface area contributed by atoms with Crippen molar-refractivity contribution in [1.29, 1.82) is 0 Å². The molecule has 7 nitrogen and oxygen atoms in total. The van der Waals surface area contributed by atoms with E-state index in [-0.39, 0.29) is 18.7 Å². The third-order valence-electron chi connectivity index (χ3n) is 2.56. The Morgan fingerprint density at radius 3 is 2.48 bits per heavy atom. The van der Waals surface area contributed by atoms with Gasteiger partial charge in [0.1, 0.15) is 6.04 Å². The van der Waals surface area contributed by atoms with Crippen LogP contribution in [0.25, 0.3) is 0 Å². The molecule has 0 aliphatic rings. The molecule has 21 heavy (non-hydrogen) atoms. The van der Waals surface area contributed by atoms with Crippen LogP contribution < -0.4 is 10.0 Å².